The molecule has 110 valence electrons. The topological polar surface area (TPSA) is 75.6 Å². The molecule has 1 aromatic rings. The van der Waals surface area contributed by atoms with Gasteiger partial charge >= 0.3 is 11.9 Å². The quantitative estimate of drug-likeness (QED) is 0.659. The summed E-state index contributed by atoms with van der Waals surface area (Å²) >= 11 is 0. The molecule has 0 fully saturated rings. The molecule has 2 N–H and O–H groups in total. The molecule has 0 radical (unpaired) electrons. The molecular weight excluding hydrogens is 270 g/mol. The Bertz CT molecular complexity index is 623. The van der Waals surface area contributed by atoms with E-state index in [0.717, 1.165) is 17.7 Å². The van der Waals surface area contributed by atoms with E-state index in [1.54, 1.807) is 25.1 Å². The van der Waals surface area contributed by atoms with Gasteiger partial charge < -0.3 is 15.2 Å². The fraction of sp³-hybridized carbons (Fsp3) is 0.375. The number of rotatable bonds is 3. The average Bonchev–Trinajstić information content (AvgIpc) is 2.95. The lowest BCUT2D eigenvalue weighted by molar-refractivity contribution is -0.145. The summed E-state index contributed by atoms with van der Waals surface area (Å²) in [5, 5.41) is 12.3. The molecule has 1 aromatic carbocycles. The van der Waals surface area contributed by atoms with Crippen LogP contribution >= 0.6 is 0 Å². The summed E-state index contributed by atoms with van der Waals surface area (Å²) in [6.45, 7) is 2.14. The predicted octanol–water partition coefficient (Wildman–Crippen LogP) is 2.40. The fourth-order valence-corrected chi connectivity index (χ4v) is 3.19. The van der Waals surface area contributed by atoms with Gasteiger partial charge in [-0.15, -0.1) is 0 Å². The van der Waals surface area contributed by atoms with Crippen LogP contribution in [0.1, 0.15) is 35.2 Å². The van der Waals surface area contributed by atoms with Crippen LogP contribution in [0.3, 0.4) is 0 Å². The maximum Gasteiger partial charge on any atom is 0.335 e. The van der Waals surface area contributed by atoms with Gasteiger partial charge in [0.05, 0.1) is 12.2 Å². The second-order valence-electron chi connectivity index (χ2n) is 5.33. The van der Waals surface area contributed by atoms with Gasteiger partial charge in [0.15, 0.2) is 0 Å². The molecule has 0 saturated heterocycles. The SMILES string of the molecule is CCOC(=O)[C@@H]1Nc2ccc(C(=O)O)cc2[C@@H]2C=CC[C@@H]12. The Morgan fingerprint density at radius 3 is 2.95 bits per heavy atom. The molecule has 3 rings (SSSR count). The van der Waals surface area contributed by atoms with Gasteiger partial charge in [-0.1, -0.05) is 12.2 Å². The number of carboxylic acid groups (broad SMARTS) is 1. The summed E-state index contributed by atoms with van der Waals surface area (Å²) < 4.78 is 5.14. The van der Waals surface area contributed by atoms with Gasteiger partial charge in [-0.05, 0) is 37.1 Å². The number of esters is 1. The van der Waals surface area contributed by atoms with Crippen LogP contribution in [0.15, 0.2) is 30.4 Å². The number of aromatic carboxylic acids is 1. The number of benzene rings is 1. The van der Waals surface area contributed by atoms with Gasteiger partial charge in [-0.2, -0.15) is 0 Å². The number of hydrogen-bond donors (Lipinski definition) is 2. The van der Waals surface area contributed by atoms with Crippen LogP contribution in [0, 0.1) is 5.92 Å². The molecule has 1 heterocycles. The molecule has 0 bridgehead atoms. The van der Waals surface area contributed by atoms with Gasteiger partial charge in [-0.25, -0.2) is 9.59 Å². The summed E-state index contributed by atoms with van der Waals surface area (Å²) in [5.41, 5.74) is 2.02. The van der Waals surface area contributed by atoms with Crippen molar-refractivity contribution < 1.29 is 19.4 Å². The maximum absolute atomic E-state index is 12.1. The largest absolute Gasteiger partial charge is 0.478 e. The van der Waals surface area contributed by atoms with Crippen molar-refractivity contribution in [1.82, 2.24) is 0 Å². The summed E-state index contributed by atoms with van der Waals surface area (Å²) in [7, 11) is 0. The van der Waals surface area contributed by atoms with E-state index < -0.39 is 5.97 Å². The molecule has 1 aliphatic carbocycles. The third kappa shape index (κ3) is 2.28. The molecule has 1 aliphatic heterocycles. The number of allylic oxidation sites excluding steroid dienone is 2. The molecule has 21 heavy (non-hydrogen) atoms. The number of ether oxygens (including phenoxy) is 1. The summed E-state index contributed by atoms with van der Waals surface area (Å²) in [6, 6.07) is 4.59. The molecule has 3 atom stereocenters. The lowest BCUT2D eigenvalue weighted by Crippen LogP contribution is -2.43. The van der Waals surface area contributed by atoms with Gasteiger partial charge in [0.1, 0.15) is 6.04 Å². The zero-order valence-corrected chi connectivity index (χ0v) is 11.7. The number of carbonyl (C=O) groups excluding carboxylic acids is 1. The summed E-state index contributed by atoms with van der Waals surface area (Å²) in [6.07, 6.45) is 4.89. The Kier molecular flexibility index (Phi) is 3.41. The van der Waals surface area contributed by atoms with E-state index in [9.17, 15) is 9.59 Å². The third-order valence-electron chi connectivity index (χ3n) is 4.15. The first kappa shape index (κ1) is 13.7. The lowest BCUT2D eigenvalue weighted by Gasteiger charge is -2.35. The van der Waals surface area contributed by atoms with Gasteiger partial charge in [0, 0.05) is 17.5 Å². The normalized spacial score (nSPS) is 25.7. The molecule has 0 amide bonds. The van der Waals surface area contributed by atoms with Gasteiger partial charge in [0.2, 0.25) is 0 Å². The Morgan fingerprint density at radius 1 is 1.43 bits per heavy atom. The molecule has 2 aliphatic rings. The zero-order valence-electron chi connectivity index (χ0n) is 11.7. The Balaban J connectivity index is 1.98. The number of carboxylic acids is 1. The van der Waals surface area contributed by atoms with E-state index in [2.05, 4.69) is 11.4 Å². The van der Waals surface area contributed by atoms with Crippen molar-refractivity contribution in [3.8, 4) is 0 Å². The van der Waals surface area contributed by atoms with Crippen molar-refractivity contribution in [3.63, 3.8) is 0 Å². The number of fused-ring (bicyclic) bond motifs is 3. The number of hydrogen-bond acceptors (Lipinski definition) is 4. The smallest absolute Gasteiger partial charge is 0.335 e. The molecule has 0 spiro atoms. The summed E-state index contributed by atoms with van der Waals surface area (Å²) in [4.78, 5) is 23.2. The first-order valence-corrected chi connectivity index (χ1v) is 7.09. The highest BCUT2D eigenvalue weighted by Gasteiger charge is 2.41. The Morgan fingerprint density at radius 2 is 2.24 bits per heavy atom. The van der Waals surface area contributed by atoms with Crippen molar-refractivity contribution in [2.75, 3.05) is 11.9 Å². The zero-order chi connectivity index (χ0) is 15.0. The molecule has 5 nitrogen and oxygen atoms in total. The highest BCUT2D eigenvalue weighted by molar-refractivity contribution is 5.89. The van der Waals surface area contributed by atoms with Crippen LogP contribution < -0.4 is 5.32 Å². The minimum atomic E-state index is -0.941. The second-order valence-corrected chi connectivity index (χ2v) is 5.33. The van der Waals surface area contributed by atoms with E-state index in [0.29, 0.717) is 6.61 Å². The monoisotopic (exact) mass is 287 g/mol. The van der Waals surface area contributed by atoms with Crippen LogP contribution in [0.2, 0.25) is 0 Å². The molecule has 0 aromatic heterocycles. The van der Waals surface area contributed by atoms with E-state index in [1.807, 2.05) is 6.08 Å². The molecule has 0 unspecified atom stereocenters. The van der Waals surface area contributed by atoms with Crippen molar-refractivity contribution in [3.05, 3.63) is 41.5 Å². The minimum absolute atomic E-state index is 0.0648. The van der Waals surface area contributed by atoms with Crippen LogP contribution in [0.5, 0.6) is 0 Å². The molecule has 0 saturated carbocycles. The first-order valence-electron chi connectivity index (χ1n) is 7.09. The van der Waals surface area contributed by atoms with Crippen molar-refractivity contribution >= 4 is 17.6 Å². The van der Waals surface area contributed by atoms with Crippen molar-refractivity contribution in [2.45, 2.75) is 25.3 Å². The summed E-state index contributed by atoms with van der Waals surface area (Å²) in [5.74, 6) is -1.04. The number of anilines is 1. The molecular formula is C16H17NO4. The highest BCUT2D eigenvalue weighted by Crippen LogP contribution is 2.45. The van der Waals surface area contributed by atoms with Gasteiger partial charge in [0.25, 0.3) is 0 Å². The minimum Gasteiger partial charge on any atom is -0.478 e. The average molecular weight is 287 g/mol. The fourth-order valence-electron chi connectivity index (χ4n) is 3.19. The Labute approximate surface area is 122 Å². The molecule has 5 heteroatoms. The Hall–Kier alpha value is -2.30. The van der Waals surface area contributed by atoms with Gasteiger partial charge in [-0.3, -0.25) is 0 Å². The number of carbonyl (C=O) groups is 2. The highest BCUT2D eigenvalue weighted by atomic mass is 16.5. The van der Waals surface area contributed by atoms with E-state index in [-0.39, 0.29) is 29.4 Å². The first-order chi connectivity index (χ1) is 10.1. The predicted molar refractivity (Wildman–Crippen MR) is 77.4 cm³/mol. The van der Waals surface area contributed by atoms with Crippen molar-refractivity contribution in [1.29, 1.82) is 0 Å². The van der Waals surface area contributed by atoms with Crippen molar-refractivity contribution in [2.24, 2.45) is 5.92 Å². The maximum atomic E-state index is 12.1. The van der Waals surface area contributed by atoms with Crippen LogP contribution in [0.4, 0.5) is 5.69 Å². The van der Waals surface area contributed by atoms with Crippen LogP contribution in [-0.2, 0) is 9.53 Å². The lowest BCUT2D eigenvalue weighted by atomic mass is 9.79. The van der Waals surface area contributed by atoms with E-state index >= 15 is 0 Å². The number of nitrogens with one attached hydrogen (secondary N) is 1. The van der Waals surface area contributed by atoms with Crippen LogP contribution in [0.25, 0.3) is 0 Å². The van der Waals surface area contributed by atoms with E-state index in [1.165, 1.54) is 0 Å². The third-order valence-corrected chi connectivity index (χ3v) is 4.15. The van der Waals surface area contributed by atoms with E-state index in [4.69, 9.17) is 9.84 Å². The second kappa shape index (κ2) is 5.24. The standard InChI is InChI=1S/C16H17NO4/c1-2-21-16(20)14-11-5-3-4-10(11)12-8-9(15(18)19)6-7-13(12)17-14/h3-4,6-8,10-11,14,17H,2,5H2,1H3,(H,18,19)/t10-,11-,14-/m1/s1. The van der Waals surface area contributed by atoms with Crippen LogP contribution in [-0.4, -0.2) is 29.7 Å².